The smallest absolute Gasteiger partial charge is 0.346 e. The minimum absolute atomic E-state index is 0.385. The Labute approximate surface area is 211 Å². The summed E-state index contributed by atoms with van der Waals surface area (Å²) in [4.78, 5) is 19.9. The number of unbranched alkanes of at least 4 members (excludes halogenated alkanes) is 15. The number of aromatic amines is 1. The molecule has 0 aliphatic carbocycles. The molecule has 2 rings (SSSR count). The van der Waals surface area contributed by atoms with E-state index in [2.05, 4.69) is 16.9 Å². The van der Waals surface area contributed by atoms with Crippen LogP contribution in [0.1, 0.15) is 110 Å². The van der Waals surface area contributed by atoms with Crippen LogP contribution in [0.3, 0.4) is 0 Å². The lowest BCUT2D eigenvalue weighted by Gasteiger charge is -2.31. The van der Waals surface area contributed by atoms with Crippen LogP contribution in [0.5, 0.6) is 0 Å². The van der Waals surface area contributed by atoms with Crippen LogP contribution >= 0.6 is 0 Å². The van der Waals surface area contributed by atoms with Gasteiger partial charge in [-0.1, -0.05) is 103 Å². The highest BCUT2D eigenvalue weighted by atomic mass is 16.6. The van der Waals surface area contributed by atoms with Crippen molar-refractivity contribution in [3.63, 3.8) is 0 Å². The number of nitrogens with zero attached hydrogens (tertiary/aromatic N) is 2. The third kappa shape index (κ3) is 11.0. The van der Waals surface area contributed by atoms with Crippen molar-refractivity contribution in [1.82, 2.24) is 9.97 Å². The molecule has 0 radical (unpaired) electrons. The molecule has 0 spiro atoms. The van der Waals surface area contributed by atoms with Gasteiger partial charge in [0.2, 0.25) is 0 Å². The Morgan fingerprint density at radius 1 is 0.857 bits per heavy atom. The summed E-state index contributed by atoms with van der Waals surface area (Å²) in [6.07, 6.45) is 18.0. The number of ether oxygens (including phenoxy) is 1. The predicted octanol–water partition coefficient (Wildman–Crippen LogP) is 4.28. The van der Waals surface area contributed by atoms with E-state index >= 15 is 0 Å². The highest BCUT2D eigenvalue weighted by Gasteiger charge is 2.45. The minimum atomic E-state index is -1.19. The summed E-state index contributed by atoms with van der Waals surface area (Å²) in [6.45, 7) is 2.42. The van der Waals surface area contributed by atoms with Crippen LogP contribution in [-0.2, 0) is 4.74 Å². The molecule has 0 amide bonds. The van der Waals surface area contributed by atoms with E-state index in [1.165, 1.54) is 89.7 Å². The van der Waals surface area contributed by atoms with Crippen molar-refractivity contribution in [2.45, 2.75) is 134 Å². The van der Waals surface area contributed by atoms with Crippen molar-refractivity contribution in [2.75, 3.05) is 18.1 Å². The van der Waals surface area contributed by atoms with Gasteiger partial charge in [-0.25, -0.2) is 4.79 Å². The van der Waals surface area contributed by atoms with Crippen LogP contribution in [-0.4, -0.2) is 63.0 Å². The molecule has 202 valence electrons. The third-order valence-electron chi connectivity index (χ3n) is 7.03. The normalized spacial score (nSPS) is 22.1. The first kappa shape index (κ1) is 29.7. The zero-order valence-corrected chi connectivity index (χ0v) is 21.7. The number of rotatable bonds is 20. The van der Waals surface area contributed by atoms with Crippen molar-refractivity contribution >= 4 is 5.82 Å². The highest BCUT2D eigenvalue weighted by molar-refractivity contribution is 5.38. The Morgan fingerprint density at radius 3 is 1.83 bits per heavy atom. The van der Waals surface area contributed by atoms with E-state index < -0.39 is 30.2 Å². The molecule has 1 aromatic rings. The van der Waals surface area contributed by atoms with E-state index in [1.54, 1.807) is 11.0 Å². The fraction of sp³-hybridized carbons (Fsp3) is 0.852. The Kier molecular flexibility index (Phi) is 15.2. The second-order valence-corrected chi connectivity index (χ2v) is 9.98. The molecular formula is C27H49N3O5. The van der Waals surface area contributed by atoms with Gasteiger partial charge in [-0.2, -0.15) is 4.98 Å². The molecule has 0 aromatic carbocycles. The molecular weight excluding hydrogens is 446 g/mol. The Morgan fingerprint density at radius 2 is 1.37 bits per heavy atom. The van der Waals surface area contributed by atoms with Gasteiger partial charge in [-0.3, -0.25) is 0 Å². The van der Waals surface area contributed by atoms with E-state index in [9.17, 15) is 20.1 Å². The molecule has 8 heteroatoms. The minimum Gasteiger partial charge on any atom is -0.394 e. The van der Waals surface area contributed by atoms with Crippen LogP contribution in [0.4, 0.5) is 5.82 Å². The number of hydrogen-bond acceptors (Lipinski definition) is 7. The lowest BCUT2D eigenvalue weighted by Crippen LogP contribution is -2.45. The molecule has 0 saturated carbocycles. The quantitative estimate of drug-likeness (QED) is 0.199. The van der Waals surface area contributed by atoms with Gasteiger partial charge in [0, 0.05) is 12.7 Å². The van der Waals surface area contributed by atoms with Crippen molar-refractivity contribution in [3.05, 3.63) is 22.7 Å². The molecule has 0 bridgehead atoms. The van der Waals surface area contributed by atoms with Gasteiger partial charge in [-0.15, -0.1) is 0 Å². The maximum atomic E-state index is 11.7. The fourth-order valence-electron chi connectivity index (χ4n) is 4.86. The maximum Gasteiger partial charge on any atom is 0.346 e. The summed E-state index contributed by atoms with van der Waals surface area (Å²) in [6, 6.07) is 1.66. The molecule has 1 aliphatic heterocycles. The molecule has 1 saturated heterocycles. The first-order valence-corrected chi connectivity index (χ1v) is 14.0. The summed E-state index contributed by atoms with van der Waals surface area (Å²) in [7, 11) is 0. The second-order valence-electron chi connectivity index (χ2n) is 9.98. The molecule has 2 heterocycles. The van der Waals surface area contributed by atoms with Crippen molar-refractivity contribution < 1.29 is 20.1 Å². The molecule has 1 fully saturated rings. The number of aliphatic hydroxyl groups is 3. The van der Waals surface area contributed by atoms with Crippen molar-refractivity contribution in [1.29, 1.82) is 0 Å². The van der Waals surface area contributed by atoms with Crippen molar-refractivity contribution in [2.24, 2.45) is 0 Å². The predicted molar refractivity (Wildman–Crippen MR) is 140 cm³/mol. The van der Waals surface area contributed by atoms with E-state index in [0.29, 0.717) is 12.4 Å². The molecule has 1 aliphatic rings. The molecule has 4 N–H and O–H groups in total. The van der Waals surface area contributed by atoms with Gasteiger partial charge in [-0.05, 0) is 12.5 Å². The summed E-state index contributed by atoms with van der Waals surface area (Å²) in [5, 5.41) is 30.0. The average Bonchev–Trinajstić information content (AvgIpc) is 3.14. The van der Waals surface area contributed by atoms with Crippen molar-refractivity contribution in [3.8, 4) is 0 Å². The number of aliphatic hydroxyl groups excluding tert-OH is 3. The average molecular weight is 496 g/mol. The number of anilines is 1. The van der Waals surface area contributed by atoms with Gasteiger partial charge < -0.3 is 29.9 Å². The third-order valence-corrected chi connectivity index (χ3v) is 7.03. The Balaban J connectivity index is 1.59. The molecule has 35 heavy (non-hydrogen) atoms. The van der Waals surface area contributed by atoms with E-state index in [-0.39, 0.29) is 6.61 Å². The van der Waals surface area contributed by atoms with Gasteiger partial charge in [0.25, 0.3) is 0 Å². The highest BCUT2D eigenvalue weighted by Crippen LogP contribution is 2.27. The maximum absolute atomic E-state index is 11.7. The van der Waals surface area contributed by atoms with Crippen LogP contribution in [0.25, 0.3) is 0 Å². The lowest BCUT2D eigenvalue weighted by atomic mass is 10.0. The zero-order valence-electron chi connectivity index (χ0n) is 21.7. The van der Waals surface area contributed by atoms with Gasteiger partial charge >= 0.3 is 5.69 Å². The number of hydrogen-bond donors (Lipinski definition) is 4. The molecule has 1 aromatic heterocycles. The Bertz CT molecular complexity index is 716. The molecule has 4 atom stereocenters. The summed E-state index contributed by atoms with van der Waals surface area (Å²) < 4.78 is 5.69. The number of aromatic nitrogens is 2. The Hall–Kier alpha value is -1.48. The molecule has 0 unspecified atom stereocenters. The summed E-state index contributed by atoms with van der Waals surface area (Å²) in [5.74, 6) is 0.393. The van der Waals surface area contributed by atoms with Gasteiger partial charge in [0.1, 0.15) is 24.1 Å². The van der Waals surface area contributed by atoms with Gasteiger partial charge in [0.15, 0.2) is 6.23 Å². The SMILES string of the molecule is CCCCCCCCCCCCCCCCCCN(c1cc[nH]c(=O)n1)[C@@H]1O[C@H](CO)[C@@H](O)[C@@H]1O. The lowest BCUT2D eigenvalue weighted by molar-refractivity contribution is -0.0227. The fourth-order valence-corrected chi connectivity index (χ4v) is 4.86. The van der Waals surface area contributed by atoms with E-state index in [0.717, 1.165) is 19.3 Å². The monoisotopic (exact) mass is 495 g/mol. The van der Waals surface area contributed by atoms with Crippen LogP contribution < -0.4 is 10.6 Å². The van der Waals surface area contributed by atoms with Crippen LogP contribution in [0, 0.1) is 0 Å². The number of H-pyrrole nitrogens is 1. The first-order chi connectivity index (χ1) is 17.1. The molecule has 8 nitrogen and oxygen atoms in total. The number of nitrogens with one attached hydrogen (secondary N) is 1. The zero-order chi connectivity index (χ0) is 25.3. The van der Waals surface area contributed by atoms with E-state index in [1.807, 2.05) is 0 Å². The largest absolute Gasteiger partial charge is 0.394 e. The van der Waals surface area contributed by atoms with Crippen LogP contribution in [0.15, 0.2) is 17.1 Å². The first-order valence-electron chi connectivity index (χ1n) is 14.0. The van der Waals surface area contributed by atoms with E-state index in [4.69, 9.17) is 4.74 Å². The topological polar surface area (TPSA) is 119 Å². The van der Waals surface area contributed by atoms with Gasteiger partial charge in [0.05, 0.1) is 6.61 Å². The standard InChI is InChI=1S/C27H49N3O5/c1-2-3-4-5-6-7-8-9-10-11-12-13-14-15-16-17-20-30(23-18-19-28-27(34)29-23)26-25(33)24(32)22(21-31)35-26/h18-19,22,24-26,31-33H,2-17,20-21H2,1H3,(H,28,29,34)/t22-,24-,25+,26-/m1/s1. The van der Waals surface area contributed by atoms with Crippen LogP contribution in [0.2, 0.25) is 0 Å². The summed E-state index contributed by atoms with van der Waals surface area (Å²) >= 11 is 0. The summed E-state index contributed by atoms with van der Waals surface area (Å²) in [5.41, 5.74) is -0.480. The second kappa shape index (κ2) is 17.9.